The highest BCUT2D eigenvalue weighted by molar-refractivity contribution is 5.80. The van der Waals surface area contributed by atoms with Crippen LogP contribution in [0.4, 0.5) is 4.39 Å². The summed E-state index contributed by atoms with van der Waals surface area (Å²) in [5.74, 6) is 0.855. The van der Waals surface area contributed by atoms with Crippen LogP contribution >= 0.6 is 0 Å². The van der Waals surface area contributed by atoms with Crippen LogP contribution in [0.5, 0.6) is 0 Å². The van der Waals surface area contributed by atoms with Gasteiger partial charge in [-0.25, -0.2) is 9.38 Å². The van der Waals surface area contributed by atoms with Gasteiger partial charge in [-0.2, -0.15) is 0 Å². The predicted octanol–water partition coefficient (Wildman–Crippen LogP) is 3.74. The van der Waals surface area contributed by atoms with Crippen molar-refractivity contribution in [3.05, 3.63) is 71.0 Å². The Morgan fingerprint density at radius 1 is 1.13 bits per heavy atom. The van der Waals surface area contributed by atoms with Gasteiger partial charge in [0.1, 0.15) is 5.82 Å². The molecule has 0 bridgehead atoms. The zero-order valence-electron chi connectivity index (χ0n) is 18.2. The lowest BCUT2D eigenvalue weighted by molar-refractivity contribution is -0.128. The van der Waals surface area contributed by atoms with E-state index < -0.39 is 0 Å². The summed E-state index contributed by atoms with van der Waals surface area (Å²) in [7, 11) is 0. The van der Waals surface area contributed by atoms with Crippen LogP contribution in [0.1, 0.15) is 49.3 Å². The fourth-order valence-electron chi connectivity index (χ4n) is 4.27. The highest BCUT2D eigenvalue weighted by atomic mass is 19.1. The van der Waals surface area contributed by atoms with E-state index in [1.807, 2.05) is 30.0 Å². The molecule has 1 amide bonds. The molecule has 164 valence electrons. The SMILES string of the molecule is CCNC(=NCc1cccc(CN2CCCC2=O)c1)NCC1(c2ccccc2F)CC1. The number of guanidine groups is 1. The minimum absolute atomic E-state index is 0.128. The fourth-order valence-corrected chi connectivity index (χ4v) is 4.27. The standard InChI is InChI=1S/C25H31FN4O/c1-2-27-24(29-18-25(12-13-25)21-9-3-4-10-22(21)26)28-16-19-7-5-8-20(15-19)17-30-14-6-11-23(30)31/h3-5,7-10,15H,2,6,11-14,16-18H2,1H3,(H2,27,28,29). The molecular formula is C25H31FN4O. The maximum atomic E-state index is 14.3. The Balaban J connectivity index is 1.38. The number of hydrogen-bond acceptors (Lipinski definition) is 2. The summed E-state index contributed by atoms with van der Waals surface area (Å²) in [4.78, 5) is 18.6. The van der Waals surface area contributed by atoms with Crippen molar-refractivity contribution in [3.63, 3.8) is 0 Å². The van der Waals surface area contributed by atoms with Crippen molar-refractivity contribution < 1.29 is 9.18 Å². The Morgan fingerprint density at radius 2 is 1.94 bits per heavy atom. The number of nitrogens with one attached hydrogen (secondary N) is 2. The number of likely N-dealkylation sites (tertiary alicyclic amines) is 1. The van der Waals surface area contributed by atoms with Crippen LogP contribution in [-0.2, 0) is 23.3 Å². The molecule has 0 spiro atoms. The van der Waals surface area contributed by atoms with E-state index in [0.29, 0.717) is 26.1 Å². The molecule has 0 atom stereocenters. The Kier molecular flexibility index (Phi) is 6.54. The second-order valence-corrected chi connectivity index (χ2v) is 8.55. The average molecular weight is 423 g/mol. The molecule has 1 saturated carbocycles. The fraction of sp³-hybridized carbons (Fsp3) is 0.440. The minimum atomic E-state index is -0.135. The lowest BCUT2D eigenvalue weighted by Gasteiger charge is -2.19. The Morgan fingerprint density at radius 3 is 2.65 bits per heavy atom. The summed E-state index contributed by atoms with van der Waals surface area (Å²) < 4.78 is 14.3. The first-order chi connectivity index (χ1) is 15.1. The lowest BCUT2D eigenvalue weighted by atomic mass is 9.95. The summed E-state index contributed by atoms with van der Waals surface area (Å²) in [5, 5.41) is 6.71. The third-order valence-corrected chi connectivity index (χ3v) is 6.19. The van der Waals surface area contributed by atoms with Gasteiger partial charge in [0.05, 0.1) is 6.54 Å². The van der Waals surface area contributed by atoms with Gasteiger partial charge in [-0.3, -0.25) is 4.79 Å². The summed E-state index contributed by atoms with van der Waals surface area (Å²) in [5.41, 5.74) is 2.90. The maximum Gasteiger partial charge on any atom is 0.222 e. The number of aliphatic imine (C=N–C) groups is 1. The van der Waals surface area contributed by atoms with Gasteiger partial charge in [0.15, 0.2) is 5.96 Å². The van der Waals surface area contributed by atoms with Crippen LogP contribution in [0.3, 0.4) is 0 Å². The molecule has 1 aliphatic carbocycles. The van der Waals surface area contributed by atoms with Crippen molar-refractivity contribution in [2.75, 3.05) is 19.6 Å². The Labute approximate surface area is 183 Å². The smallest absolute Gasteiger partial charge is 0.222 e. The molecule has 6 heteroatoms. The van der Waals surface area contributed by atoms with Crippen molar-refractivity contribution in [2.24, 2.45) is 4.99 Å². The first-order valence-electron chi connectivity index (χ1n) is 11.2. The van der Waals surface area contributed by atoms with Gasteiger partial charge in [0.2, 0.25) is 5.91 Å². The molecule has 0 aromatic heterocycles. The number of amides is 1. The van der Waals surface area contributed by atoms with E-state index in [2.05, 4.69) is 28.8 Å². The molecule has 2 aromatic carbocycles. The predicted molar refractivity (Wildman–Crippen MR) is 121 cm³/mol. The maximum absolute atomic E-state index is 14.3. The van der Waals surface area contributed by atoms with E-state index >= 15 is 0 Å². The van der Waals surface area contributed by atoms with Gasteiger partial charge in [-0.1, -0.05) is 42.5 Å². The van der Waals surface area contributed by atoms with Gasteiger partial charge in [0, 0.05) is 38.0 Å². The van der Waals surface area contributed by atoms with Crippen LogP contribution in [0, 0.1) is 5.82 Å². The Hall–Kier alpha value is -2.89. The largest absolute Gasteiger partial charge is 0.357 e. The Bertz CT molecular complexity index is 954. The van der Waals surface area contributed by atoms with Crippen LogP contribution in [0.15, 0.2) is 53.5 Å². The molecule has 2 aliphatic rings. The highest BCUT2D eigenvalue weighted by Gasteiger charge is 2.45. The highest BCUT2D eigenvalue weighted by Crippen LogP contribution is 2.48. The first-order valence-corrected chi connectivity index (χ1v) is 11.2. The molecular weight excluding hydrogens is 391 g/mol. The van der Waals surface area contributed by atoms with Gasteiger partial charge in [-0.15, -0.1) is 0 Å². The van der Waals surface area contributed by atoms with E-state index in [1.54, 1.807) is 6.07 Å². The van der Waals surface area contributed by atoms with Crippen LogP contribution in [0.25, 0.3) is 0 Å². The van der Waals surface area contributed by atoms with E-state index in [9.17, 15) is 9.18 Å². The monoisotopic (exact) mass is 422 g/mol. The van der Waals surface area contributed by atoms with E-state index in [1.165, 1.54) is 6.07 Å². The number of rotatable bonds is 8. The van der Waals surface area contributed by atoms with Crippen LogP contribution in [-0.4, -0.2) is 36.4 Å². The zero-order valence-corrected chi connectivity index (χ0v) is 18.2. The second kappa shape index (κ2) is 9.50. The second-order valence-electron chi connectivity index (χ2n) is 8.55. The van der Waals surface area contributed by atoms with Gasteiger partial charge in [-0.05, 0) is 48.9 Å². The summed E-state index contributed by atoms with van der Waals surface area (Å²) in [6, 6.07) is 15.3. The van der Waals surface area contributed by atoms with Gasteiger partial charge in [0.25, 0.3) is 0 Å². The molecule has 2 aromatic rings. The number of carbonyl (C=O) groups is 1. The molecule has 4 rings (SSSR count). The van der Waals surface area contributed by atoms with E-state index in [0.717, 1.165) is 55.0 Å². The average Bonchev–Trinajstić information content (AvgIpc) is 3.46. The third kappa shape index (κ3) is 5.24. The van der Waals surface area contributed by atoms with Crippen LogP contribution < -0.4 is 10.6 Å². The van der Waals surface area contributed by atoms with E-state index in [4.69, 9.17) is 4.99 Å². The number of hydrogen-bond donors (Lipinski definition) is 2. The number of nitrogens with zero attached hydrogens (tertiary/aromatic N) is 2. The molecule has 2 N–H and O–H groups in total. The van der Waals surface area contributed by atoms with E-state index in [-0.39, 0.29) is 17.1 Å². The molecule has 1 heterocycles. The van der Waals surface area contributed by atoms with Crippen molar-refractivity contribution in [2.45, 2.75) is 51.1 Å². The van der Waals surface area contributed by atoms with Crippen LogP contribution in [0.2, 0.25) is 0 Å². The third-order valence-electron chi connectivity index (χ3n) is 6.19. The summed E-state index contributed by atoms with van der Waals surface area (Å²) in [6.07, 6.45) is 3.58. The molecule has 0 radical (unpaired) electrons. The number of benzene rings is 2. The molecule has 31 heavy (non-hydrogen) atoms. The van der Waals surface area contributed by atoms with Gasteiger partial charge >= 0.3 is 0 Å². The molecule has 0 unspecified atom stereocenters. The quantitative estimate of drug-likeness (QED) is 0.503. The van der Waals surface area contributed by atoms with Crippen molar-refractivity contribution in [1.82, 2.24) is 15.5 Å². The van der Waals surface area contributed by atoms with Gasteiger partial charge < -0.3 is 15.5 Å². The number of halogens is 1. The molecule has 5 nitrogen and oxygen atoms in total. The first kappa shape index (κ1) is 21.3. The summed E-state index contributed by atoms with van der Waals surface area (Å²) >= 11 is 0. The van der Waals surface area contributed by atoms with Crippen molar-refractivity contribution in [3.8, 4) is 0 Å². The normalized spacial score (nSPS) is 17.7. The minimum Gasteiger partial charge on any atom is -0.357 e. The molecule has 2 fully saturated rings. The number of carbonyl (C=O) groups excluding carboxylic acids is 1. The van der Waals surface area contributed by atoms with Crippen molar-refractivity contribution in [1.29, 1.82) is 0 Å². The molecule has 1 saturated heterocycles. The summed E-state index contributed by atoms with van der Waals surface area (Å²) in [6.45, 7) is 5.52. The molecule has 1 aliphatic heterocycles. The topological polar surface area (TPSA) is 56.7 Å². The lowest BCUT2D eigenvalue weighted by Crippen LogP contribution is -2.41. The van der Waals surface area contributed by atoms with Crippen molar-refractivity contribution >= 4 is 11.9 Å². The zero-order chi connectivity index (χ0) is 21.7.